The Hall–Kier alpha value is -3.08. The van der Waals surface area contributed by atoms with Crippen LogP contribution in [-0.4, -0.2) is 21.8 Å². The SMILES string of the molecule is Cc1ccc(C(C)C)cc1OC(C)C(=O)Nc1ccccc1Cn1cccn1. The number of benzene rings is 2. The fourth-order valence-corrected chi connectivity index (χ4v) is 2.93. The predicted octanol–water partition coefficient (Wildman–Crippen LogP) is 4.77. The quantitative estimate of drug-likeness (QED) is 0.645. The van der Waals surface area contributed by atoms with Gasteiger partial charge in [-0.05, 0) is 54.7 Å². The largest absolute Gasteiger partial charge is 0.481 e. The first kappa shape index (κ1) is 19.7. The summed E-state index contributed by atoms with van der Waals surface area (Å²) in [6.07, 6.45) is 3.03. The zero-order chi connectivity index (χ0) is 20.1. The van der Waals surface area contributed by atoms with Crippen LogP contribution in [0.1, 0.15) is 43.4 Å². The van der Waals surface area contributed by atoms with Crippen LogP contribution in [0.5, 0.6) is 5.75 Å². The molecule has 3 aromatic rings. The van der Waals surface area contributed by atoms with E-state index in [0.29, 0.717) is 12.5 Å². The zero-order valence-electron chi connectivity index (χ0n) is 16.8. The average molecular weight is 377 g/mol. The number of aryl methyl sites for hydroxylation is 1. The molecule has 0 radical (unpaired) electrons. The topological polar surface area (TPSA) is 56.1 Å². The van der Waals surface area contributed by atoms with E-state index in [9.17, 15) is 4.79 Å². The third kappa shape index (κ3) is 4.80. The maximum Gasteiger partial charge on any atom is 0.265 e. The Balaban J connectivity index is 1.71. The van der Waals surface area contributed by atoms with Crippen molar-refractivity contribution in [1.29, 1.82) is 0 Å². The number of ether oxygens (including phenoxy) is 1. The molecule has 5 nitrogen and oxygen atoms in total. The lowest BCUT2D eigenvalue weighted by atomic mass is 10.0. The maximum absolute atomic E-state index is 12.7. The Morgan fingerprint density at radius 2 is 1.93 bits per heavy atom. The minimum absolute atomic E-state index is 0.178. The standard InChI is InChI=1S/C23H27N3O2/c1-16(2)19-11-10-17(3)22(14-19)28-18(4)23(27)25-21-9-6-5-8-20(21)15-26-13-7-12-24-26/h5-14,16,18H,15H2,1-4H3,(H,25,27). The van der Waals surface area contributed by atoms with Crippen LogP contribution in [0.15, 0.2) is 60.9 Å². The van der Waals surface area contributed by atoms with Crippen molar-refractivity contribution in [3.63, 3.8) is 0 Å². The highest BCUT2D eigenvalue weighted by Gasteiger charge is 2.18. The summed E-state index contributed by atoms with van der Waals surface area (Å²) >= 11 is 0. The van der Waals surface area contributed by atoms with Crippen LogP contribution in [0.3, 0.4) is 0 Å². The van der Waals surface area contributed by atoms with Crippen LogP contribution >= 0.6 is 0 Å². The highest BCUT2D eigenvalue weighted by Crippen LogP contribution is 2.25. The Morgan fingerprint density at radius 1 is 1.14 bits per heavy atom. The molecule has 0 saturated carbocycles. The molecule has 3 rings (SSSR count). The van der Waals surface area contributed by atoms with Crippen molar-refractivity contribution >= 4 is 11.6 Å². The Labute approximate surface area is 166 Å². The Kier molecular flexibility index (Phi) is 6.14. The second-order valence-electron chi connectivity index (χ2n) is 7.29. The van der Waals surface area contributed by atoms with Crippen LogP contribution in [0, 0.1) is 6.92 Å². The van der Waals surface area contributed by atoms with Crippen LogP contribution < -0.4 is 10.1 Å². The second kappa shape index (κ2) is 8.74. The van der Waals surface area contributed by atoms with E-state index in [4.69, 9.17) is 4.74 Å². The summed E-state index contributed by atoms with van der Waals surface area (Å²) in [6.45, 7) is 8.63. The minimum Gasteiger partial charge on any atom is -0.481 e. The van der Waals surface area contributed by atoms with Gasteiger partial charge in [0.15, 0.2) is 6.10 Å². The summed E-state index contributed by atoms with van der Waals surface area (Å²) in [5.74, 6) is 0.974. The van der Waals surface area contributed by atoms with Crippen molar-refractivity contribution in [2.45, 2.75) is 46.3 Å². The second-order valence-corrected chi connectivity index (χ2v) is 7.29. The normalized spacial score (nSPS) is 12.0. The minimum atomic E-state index is -0.612. The third-order valence-electron chi connectivity index (χ3n) is 4.72. The van der Waals surface area contributed by atoms with Gasteiger partial charge in [-0.15, -0.1) is 0 Å². The molecule has 1 heterocycles. The van der Waals surface area contributed by atoms with Gasteiger partial charge in [0, 0.05) is 18.1 Å². The van der Waals surface area contributed by atoms with E-state index in [1.165, 1.54) is 5.56 Å². The molecular weight excluding hydrogens is 350 g/mol. The molecule has 2 aromatic carbocycles. The first-order chi connectivity index (χ1) is 13.4. The molecule has 5 heteroatoms. The van der Waals surface area contributed by atoms with E-state index in [1.807, 2.05) is 60.3 Å². The van der Waals surface area contributed by atoms with Crippen molar-refractivity contribution in [2.75, 3.05) is 5.32 Å². The lowest BCUT2D eigenvalue weighted by molar-refractivity contribution is -0.122. The van der Waals surface area contributed by atoms with Crippen molar-refractivity contribution < 1.29 is 9.53 Å². The highest BCUT2D eigenvalue weighted by atomic mass is 16.5. The van der Waals surface area contributed by atoms with E-state index in [2.05, 4.69) is 30.3 Å². The average Bonchev–Trinajstić information content (AvgIpc) is 3.18. The van der Waals surface area contributed by atoms with Crippen LogP contribution in [0.25, 0.3) is 0 Å². The monoisotopic (exact) mass is 377 g/mol. The molecule has 1 N–H and O–H groups in total. The van der Waals surface area contributed by atoms with E-state index in [0.717, 1.165) is 22.6 Å². The molecule has 1 aromatic heterocycles. The molecule has 0 saturated heterocycles. The van der Waals surface area contributed by atoms with Gasteiger partial charge < -0.3 is 10.1 Å². The van der Waals surface area contributed by atoms with Gasteiger partial charge in [-0.2, -0.15) is 5.10 Å². The van der Waals surface area contributed by atoms with E-state index < -0.39 is 6.10 Å². The van der Waals surface area contributed by atoms with E-state index >= 15 is 0 Å². The highest BCUT2D eigenvalue weighted by molar-refractivity contribution is 5.94. The molecule has 1 unspecified atom stereocenters. The van der Waals surface area contributed by atoms with Crippen LogP contribution in [0.4, 0.5) is 5.69 Å². The van der Waals surface area contributed by atoms with Gasteiger partial charge in [-0.25, -0.2) is 0 Å². The Bertz CT molecular complexity index is 933. The van der Waals surface area contributed by atoms with Gasteiger partial charge >= 0.3 is 0 Å². The number of aromatic nitrogens is 2. The molecule has 0 aliphatic rings. The number of carbonyl (C=O) groups excluding carboxylic acids is 1. The first-order valence-corrected chi connectivity index (χ1v) is 9.57. The number of nitrogens with one attached hydrogen (secondary N) is 1. The van der Waals surface area contributed by atoms with E-state index in [1.54, 1.807) is 13.1 Å². The summed E-state index contributed by atoms with van der Waals surface area (Å²) in [7, 11) is 0. The lowest BCUT2D eigenvalue weighted by Gasteiger charge is -2.19. The summed E-state index contributed by atoms with van der Waals surface area (Å²) in [5, 5.41) is 7.23. The summed E-state index contributed by atoms with van der Waals surface area (Å²) in [6, 6.07) is 15.8. The fraction of sp³-hybridized carbons (Fsp3) is 0.304. The number of hydrogen-bond donors (Lipinski definition) is 1. The molecule has 0 spiro atoms. The number of amides is 1. The molecule has 1 amide bonds. The van der Waals surface area contributed by atoms with Gasteiger partial charge in [0.2, 0.25) is 0 Å². The van der Waals surface area contributed by atoms with Gasteiger partial charge in [0.25, 0.3) is 5.91 Å². The molecular formula is C23H27N3O2. The van der Waals surface area contributed by atoms with Crippen molar-refractivity contribution in [2.24, 2.45) is 0 Å². The van der Waals surface area contributed by atoms with Gasteiger partial charge in [-0.3, -0.25) is 9.48 Å². The first-order valence-electron chi connectivity index (χ1n) is 9.57. The van der Waals surface area contributed by atoms with Gasteiger partial charge in [0.1, 0.15) is 5.75 Å². The van der Waals surface area contributed by atoms with Crippen molar-refractivity contribution in [3.05, 3.63) is 77.6 Å². The summed E-state index contributed by atoms with van der Waals surface area (Å²) in [4.78, 5) is 12.7. The van der Waals surface area contributed by atoms with Crippen molar-refractivity contribution in [3.8, 4) is 5.75 Å². The van der Waals surface area contributed by atoms with Gasteiger partial charge in [0.05, 0.1) is 6.54 Å². The summed E-state index contributed by atoms with van der Waals surface area (Å²) < 4.78 is 7.81. The third-order valence-corrected chi connectivity index (χ3v) is 4.72. The molecule has 28 heavy (non-hydrogen) atoms. The number of anilines is 1. The van der Waals surface area contributed by atoms with E-state index in [-0.39, 0.29) is 5.91 Å². The molecule has 146 valence electrons. The van der Waals surface area contributed by atoms with Crippen molar-refractivity contribution in [1.82, 2.24) is 9.78 Å². The predicted molar refractivity (Wildman–Crippen MR) is 112 cm³/mol. The molecule has 0 fully saturated rings. The molecule has 1 atom stereocenters. The smallest absolute Gasteiger partial charge is 0.265 e. The number of carbonyl (C=O) groups is 1. The lowest BCUT2D eigenvalue weighted by Crippen LogP contribution is -2.30. The number of rotatable bonds is 7. The number of nitrogens with zero attached hydrogens (tertiary/aromatic N) is 2. The fourth-order valence-electron chi connectivity index (χ4n) is 2.93. The summed E-state index contributed by atoms with van der Waals surface area (Å²) in [5.41, 5.74) is 3.97. The number of para-hydroxylation sites is 1. The maximum atomic E-state index is 12.7. The zero-order valence-corrected chi connectivity index (χ0v) is 16.8. The molecule has 0 aliphatic carbocycles. The number of hydrogen-bond acceptors (Lipinski definition) is 3. The molecule has 0 aliphatic heterocycles. The van der Waals surface area contributed by atoms with Crippen LogP contribution in [0.2, 0.25) is 0 Å². The Morgan fingerprint density at radius 3 is 2.64 bits per heavy atom. The van der Waals surface area contributed by atoms with Gasteiger partial charge in [-0.1, -0.05) is 44.2 Å². The van der Waals surface area contributed by atoms with Crippen LogP contribution in [-0.2, 0) is 11.3 Å². The molecule has 0 bridgehead atoms.